The largest absolute Gasteiger partial charge is 0.295 e. The first-order valence-corrected chi connectivity index (χ1v) is 6.48. The smallest absolute Gasteiger partial charge is 0.158 e. The van der Waals surface area contributed by atoms with Gasteiger partial charge in [0.1, 0.15) is 0 Å². The van der Waals surface area contributed by atoms with E-state index >= 15 is 0 Å². The highest BCUT2D eigenvalue weighted by atomic mass is 16.1. The van der Waals surface area contributed by atoms with Crippen molar-refractivity contribution in [3.63, 3.8) is 0 Å². The number of rotatable bonds is 6. The summed E-state index contributed by atoms with van der Waals surface area (Å²) >= 11 is 0. The molecule has 1 heteroatoms. The molecule has 0 aromatic rings. The van der Waals surface area contributed by atoms with E-state index in [2.05, 4.69) is 19.9 Å². The lowest BCUT2D eigenvalue weighted by molar-refractivity contribution is -0.114. The van der Waals surface area contributed by atoms with Crippen molar-refractivity contribution in [1.82, 2.24) is 0 Å². The molecule has 15 heavy (non-hydrogen) atoms. The van der Waals surface area contributed by atoms with Gasteiger partial charge in [-0.15, -0.1) is 0 Å². The van der Waals surface area contributed by atoms with Gasteiger partial charge in [-0.2, -0.15) is 0 Å². The highest BCUT2D eigenvalue weighted by Gasteiger charge is 2.17. The maximum absolute atomic E-state index is 11.4. The van der Waals surface area contributed by atoms with Gasteiger partial charge >= 0.3 is 0 Å². The van der Waals surface area contributed by atoms with Gasteiger partial charge in [0.05, 0.1) is 0 Å². The molecule has 1 rings (SSSR count). The van der Waals surface area contributed by atoms with E-state index in [1.807, 2.05) is 0 Å². The Morgan fingerprint density at radius 3 is 2.67 bits per heavy atom. The van der Waals surface area contributed by atoms with E-state index in [-0.39, 0.29) is 0 Å². The number of allylic oxidation sites excluding steroid dienone is 2. The number of hydrogen-bond donors (Lipinski definition) is 0. The Morgan fingerprint density at radius 1 is 1.27 bits per heavy atom. The van der Waals surface area contributed by atoms with E-state index in [1.165, 1.54) is 32.1 Å². The molecule has 1 unspecified atom stereocenters. The van der Waals surface area contributed by atoms with Crippen LogP contribution in [0.2, 0.25) is 0 Å². The van der Waals surface area contributed by atoms with Crippen molar-refractivity contribution in [3.05, 3.63) is 11.6 Å². The van der Waals surface area contributed by atoms with Crippen molar-refractivity contribution in [2.45, 2.75) is 65.2 Å². The first-order valence-electron chi connectivity index (χ1n) is 6.48. The summed E-state index contributed by atoms with van der Waals surface area (Å²) in [7, 11) is 0. The summed E-state index contributed by atoms with van der Waals surface area (Å²) in [6.45, 7) is 4.48. The first-order chi connectivity index (χ1) is 7.24. The Morgan fingerprint density at radius 2 is 2.07 bits per heavy atom. The lowest BCUT2D eigenvalue weighted by Crippen LogP contribution is -1.97. The second-order valence-corrected chi connectivity index (χ2v) is 4.80. The molecular formula is C14H24O. The maximum atomic E-state index is 11.4. The number of carbonyl (C=O) groups is 1. The predicted molar refractivity (Wildman–Crippen MR) is 64.9 cm³/mol. The molecule has 1 aliphatic carbocycles. The van der Waals surface area contributed by atoms with Crippen LogP contribution in [0.3, 0.4) is 0 Å². The number of Topliss-reactive ketones (excluding diaryl/α,β-unsaturated/α-hetero) is 1. The molecule has 0 radical (unpaired) electrons. The molecule has 0 aliphatic heterocycles. The average Bonchev–Trinajstić information content (AvgIpc) is 2.59. The van der Waals surface area contributed by atoms with Crippen LogP contribution in [-0.2, 0) is 4.79 Å². The minimum atomic E-state index is 0.399. The molecule has 0 N–H and O–H groups in total. The van der Waals surface area contributed by atoms with E-state index in [1.54, 1.807) is 0 Å². The van der Waals surface area contributed by atoms with Crippen molar-refractivity contribution in [2.75, 3.05) is 0 Å². The molecule has 0 aromatic carbocycles. The second-order valence-electron chi connectivity index (χ2n) is 4.80. The number of unbranched alkanes of at least 4 members (excludes halogenated alkanes) is 3. The normalized spacial score (nSPS) is 21.2. The molecule has 1 fully saturated rings. The summed E-state index contributed by atoms with van der Waals surface area (Å²) in [5.74, 6) is 0.995. The van der Waals surface area contributed by atoms with Crippen molar-refractivity contribution in [1.29, 1.82) is 0 Å². The van der Waals surface area contributed by atoms with Crippen LogP contribution in [-0.4, -0.2) is 5.78 Å². The third-order valence-electron chi connectivity index (χ3n) is 3.21. The fourth-order valence-corrected chi connectivity index (χ4v) is 2.24. The van der Waals surface area contributed by atoms with Gasteiger partial charge in [0.15, 0.2) is 5.78 Å². The molecule has 0 spiro atoms. The highest BCUT2D eigenvalue weighted by Crippen LogP contribution is 2.23. The van der Waals surface area contributed by atoms with Gasteiger partial charge < -0.3 is 0 Å². The zero-order chi connectivity index (χ0) is 11.1. The summed E-state index contributed by atoms with van der Waals surface area (Å²) in [6.07, 6.45) is 11.7. The quantitative estimate of drug-likeness (QED) is 0.470. The molecule has 1 nitrogen and oxygen atoms in total. The molecule has 0 amide bonds. The van der Waals surface area contributed by atoms with Crippen molar-refractivity contribution in [3.8, 4) is 0 Å². The predicted octanol–water partition coefficient (Wildman–Crippen LogP) is 4.27. The van der Waals surface area contributed by atoms with Crippen LogP contribution in [0.1, 0.15) is 65.2 Å². The van der Waals surface area contributed by atoms with E-state index in [0.717, 1.165) is 24.8 Å². The van der Waals surface area contributed by atoms with Crippen LogP contribution in [0, 0.1) is 5.92 Å². The topological polar surface area (TPSA) is 17.1 Å². The molecule has 1 atom stereocenters. The molecule has 86 valence electrons. The Hall–Kier alpha value is -0.590. The Bertz CT molecular complexity index is 227. The summed E-state index contributed by atoms with van der Waals surface area (Å²) in [6, 6.07) is 0. The molecular weight excluding hydrogens is 184 g/mol. The van der Waals surface area contributed by atoms with Crippen LogP contribution in [0.15, 0.2) is 11.6 Å². The van der Waals surface area contributed by atoms with Crippen molar-refractivity contribution in [2.24, 2.45) is 5.92 Å². The monoisotopic (exact) mass is 208 g/mol. The lowest BCUT2D eigenvalue weighted by atomic mass is 9.99. The summed E-state index contributed by atoms with van der Waals surface area (Å²) in [5, 5.41) is 0. The number of carbonyl (C=O) groups excluding carboxylic acids is 1. The Labute approximate surface area is 93.9 Å². The maximum Gasteiger partial charge on any atom is 0.158 e. The Kier molecular flexibility index (Phi) is 5.67. The summed E-state index contributed by atoms with van der Waals surface area (Å²) in [4.78, 5) is 11.4. The highest BCUT2D eigenvalue weighted by molar-refractivity contribution is 5.97. The standard InChI is InChI=1S/C14H24O/c1-3-4-5-6-8-12(2)11-13-9-7-10-14(13)15/h11-12H,3-10H2,1-2H3. The van der Waals surface area contributed by atoms with Crippen LogP contribution in [0.4, 0.5) is 0 Å². The first kappa shape index (κ1) is 12.5. The fourth-order valence-electron chi connectivity index (χ4n) is 2.24. The van der Waals surface area contributed by atoms with Gasteiger partial charge in [-0.3, -0.25) is 4.79 Å². The van der Waals surface area contributed by atoms with Crippen LogP contribution >= 0.6 is 0 Å². The molecule has 0 aromatic heterocycles. The third-order valence-corrected chi connectivity index (χ3v) is 3.21. The van der Waals surface area contributed by atoms with Gasteiger partial charge in [-0.05, 0) is 30.8 Å². The lowest BCUT2D eigenvalue weighted by Gasteiger charge is -2.06. The van der Waals surface area contributed by atoms with Crippen LogP contribution in [0.25, 0.3) is 0 Å². The zero-order valence-electron chi connectivity index (χ0n) is 10.2. The van der Waals surface area contributed by atoms with Crippen molar-refractivity contribution >= 4 is 5.78 Å². The number of hydrogen-bond acceptors (Lipinski definition) is 1. The summed E-state index contributed by atoms with van der Waals surface area (Å²) < 4.78 is 0. The van der Waals surface area contributed by atoms with E-state index in [9.17, 15) is 4.79 Å². The van der Waals surface area contributed by atoms with E-state index in [4.69, 9.17) is 0 Å². The van der Waals surface area contributed by atoms with Gasteiger partial charge in [0.2, 0.25) is 0 Å². The van der Waals surface area contributed by atoms with Crippen LogP contribution < -0.4 is 0 Å². The zero-order valence-corrected chi connectivity index (χ0v) is 10.2. The molecule has 1 aliphatic rings. The average molecular weight is 208 g/mol. The van der Waals surface area contributed by atoms with Gasteiger partial charge in [-0.25, -0.2) is 0 Å². The SMILES string of the molecule is CCCCCCC(C)C=C1CCCC1=O. The van der Waals surface area contributed by atoms with E-state index < -0.39 is 0 Å². The molecule has 0 saturated heterocycles. The van der Waals surface area contributed by atoms with Gasteiger partial charge in [0, 0.05) is 6.42 Å². The Balaban J connectivity index is 2.22. The second kappa shape index (κ2) is 6.81. The van der Waals surface area contributed by atoms with E-state index in [0.29, 0.717) is 11.7 Å². The minimum Gasteiger partial charge on any atom is -0.295 e. The number of ketones is 1. The molecule has 1 saturated carbocycles. The molecule has 0 bridgehead atoms. The fraction of sp³-hybridized carbons (Fsp3) is 0.786. The van der Waals surface area contributed by atoms with Crippen molar-refractivity contribution < 1.29 is 4.79 Å². The molecule has 0 heterocycles. The van der Waals surface area contributed by atoms with Crippen LogP contribution in [0.5, 0.6) is 0 Å². The third kappa shape index (κ3) is 4.63. The van der Waals surface area contributed by atoms with Gasteiger partial charge in [0.25, 0.3) is 0 Å². The minimum absolute atomic E-state index is 0.399. The summed E-state index contributed by atoms with van der Waals surface area (Å²) in [5.41, 5.74) is 1.11. The van der Waals surface area contributed by atoms with Gasteiger partial charge in [-0.1, -0.05) is 45.6 Å².